The van der Waals surface area contributed by atoms with Gasteiger partial charge in [0.1, 0.15) is 5.75 Å². The summed E-state index contributed by atoms with van der Waals surface area (Å²) in [6.45, 7) is 6.77. The lowest BCUT2D eigenvalue weighted by molar-refractivity contribution is 0.414. The van der Waals surface area contributed by atoms with Crippen LogP contribution in [0.15, 0.2) is 53.7 Å². The van der Waals surface area contributed by atoms with E-state index in [1.54, 1.807) is 7.11 Å². The molecule has 0 aliphatic heterocycles. The minimum absolute atomic E-state index is 0. The summed E-state index contributed by atoms with van der Waals surface area (Å²) in [6, 6.07) is 14.3. The Morgan fingerprint density at radius 3 is 2.56 bits per heavy atom. The SMILES string of the molecule is CCNC(=NCCC(C)c1ccc(OC)cc1)NCCc1ccccn1.I. The Balaban J connectivity index is 0.00000364. The number of benzene rings is 1. The molecule has 27 heavy (non-hydrogen) atoms. The number of aliphatic imine (C=N–C) groups is 1. The first-order chi connectivity index (χ1) is 12.7. The van der Waals surface area contributed by atoms with E-state index in [4.69, 9.17) is 9.73 Å². The zero-order valence-corrected chi connectivity index (χ0v) is 18.8. The van der Waals surface area contributed by atoms with Crippen molar-refractivity contribution in [1.29, 1.82) is 0 Å². The molecule has 0 aliphatic rings. The van der Waals surface area contributed by atoms with Crippen molar-refractivity contribution in [3.63, 3.8) is 0 Å². The van der Waals surface area contributed by atoms with Gasteiger partial charge >= 0.3 is 0 Å². The van der Waals surface area contributed by atoms with Gasteiger partial charge in [0.25, 0.3) is 0 Å². The molecule has 0 saturated carbocycles. The van der Waals surface area contributed by atoms with E-state index < -0.39 is 0 Å². The smallest absolute Gasteiger partial charge is 0.191 e. The van der Waals surface area contributed by atoms with Crippen LogP contribution < -0.4 is 15.4 Å². The van der Waals surface area contributed by atoms with E-state index in [0.29, 0.717) is 5.92 Å². The molecule has 1 aromatic carbocycles. The highest BCUT2D eigenvalue weighted by Crippen LogP contribution is 2.21. The molecule has 148 valence electrons. The van der Waals surface area contributed by atoms with Crippen LogP contribution >= 0.6 is 24.0 Å². The van der Waals surface area contributed by atoms with E-state index in [0.717, 1.165) is 49.9 Å². The second-order valence-electron chi connectivity index (χ2n) is 6.22. The van der Waals surface area contributed by atoms with Gasteiger partial charge in [-0.2, -0.15) is 0 Å². The quantitative estimate of drug-likeness (QED) is 0.322. The number of aromatic nitrogens is 1. The Morgan fingerprint density at radius 1 is 1.15 bits per heavy atom. The summed E-state index contributed by atoms with van der Waals surface area (Å²) in [5, 5.41) is 6.68. The first kappa shape index (κ1) is 23.2. The number of nitrogens with one attached hydrogen (secondary N) is 2. The third-order valence-corrected chi connectivity index (χ3v) is 4.26. The highest BCUT2D eigenvalue weighted by molar-refractivity contribution is 14.0. The Morgan fingerprint density at radius 2 is 1.93 bits per heavy atom. The lowest BCUT2D eigenvalue weighted by atomic mass is 9.98. The molecule has 1 aromatic heterocycles. The van der Waals surface area contributed by atoms with Crippen molar-refractivity contribution in [1.82, 2.24) is 15.6 Å². The second-order valence-corrected chi connectivity index (χ2v) is 6.22. The Bertz CT molecular complexity index is 662. The average Bonchev–Trinajstić information content (AvgIpc) is 2.69. The molecule has 2 N–H and O–H groups in total. The highest BCUT2D eigenvalue weighted by atomic mass is 127. The number of ether oxygens (including phenoxy) is 1. The minimum Gasteiger partial charge on any atom is -0.497 e. The van der Waals surface area contributed by atoms with Crippen molar-refractivity contribution in [3.8, 4) is 5.75 Å². The molecule has 1 unspecified atom stereocenters. The van der Waals surface area contributed by atoms with Crippen molar-refractivity contribution >= 4 is 29.9 Å². The first-order valence-corrected chi connectivity index (χ1v) is 9.29. The number of halogens is 1. The Kier molecular flexibility index (Phi) is 11.5. The predicted octanol–water partition coefficient (Wildman–Crippen LogP) is 4.00. The van der Waals surface area contributed by atoms with Gasteiger partial charge in [-0.15, -0.1) is 24.0 Å². The molecule has 0 aliphatic carbocycles. The maximum absolute atomic E-state index is 5.22. The summed E-state index contributed by atoms with van der Waals surface area (Å²) >= 11 is 0. The van der Waals surface area contributed by atoms with E-state index >= 15 is 0 Å². The van der Waals surface area contributed by atoms with Crippen molar-refractivity contribution in [2.45, 2.75) is 32.6 Å². The van der Waals surface area contributed by atoms with Gasteiger partial charge in [0, 0.05) is 37.9 Å². The zero-order chi connectivity index (χ0) is 18.6. The molecule has 5 nitrogen and oxygen atoms in total. The van der Waals surface area contributed by atoms with Crippen LogP contribution in [0, 0.1) is 0 Å². The molecule has 0 spiro atoms. The monoisotopic (exact) mass is 482 g/mol. The van der Waals surface area contributed by atoms with E-state index in [2.05, 4.69) is 41.6 Å². The number of methoxy groups -OCH3 is 1. The zero-order valence-electron chi connectivity index (χ0n) is 16.4. The molecule has 0 bridgehead atoms. The first-order valence-electron chi connectivity index (χ1n) is 9.29. The molecule has 0 amide bonds. The molecule has 0 radical (unpaired) electrons. The van der Waals surface area contributed by atoms with E-state index in [-0.39, 0.29) is 24.0 Å². The van der Waals surface area contributed by atoms with Gasteiger partial charge in [0.2, 0.25) is 0 Å². The minimum atomic E-state index is 0. The highest BCUT2D eigenvalue weighted by Gasteiger charge is 2.06. The number of hydrogen-bond acceptors (Lipinski definition) is 3. The molecule has 2 rings (SSSR count). The van der Waals surface area contributed by atoms with Gasteiger partial charge in [0.05, 0.1) is 7.11 Å². The molecule has 1 heterocycles. The van der Waals surface area contributed by atoms with Gasteiger partial charge in [-0.1, -0.05) is 25.1 Å². The largest absolute Gasteiger partial charge is 0.497 e. The van der Waals surface area contributed by atoms with Crippen LogP contribution in [0.2, 0.25) is 0 Å². The van der Waals surface area contributed by atoms with Crippen molar-refractivity contribution < 1.29 is 4.74 Å². The van der Waals surface area contributed by atoms with Crippen LogP contribution in [0.3, 0.4) is 0 Å². The molecular formula is C21H31IN4O. The lowest BCUT2D eigenvalue weighted by Crippen LogP contribution is -2.38. The average molecular weight is 482 g/mol. The Hall–Kier alpha value is -1.83. The van der Waals surface area contributed by atoms with Crippen molar-refractivity contribution in [2.75, 3.05) is 26.7 Å². The molecular weight excluding hydrogens is 451 g/mol. The van der Waals surface area contributed by atoms with Crippen molar-refractivity contribution in [3.05, 3.63) is 59.9 Å². The third-order valence-electron chi connectivity index (χ3n) is 4.26. The number of guanidine groups is 1. The van der Waals surface area contributed by atoms with Crippen LogP contribution in [0.25, 0.3) is 0 Å². The molecule has 2 aromatic rings. The van der Waals surface area contributed by atoms with E-state index in [9.17, 15) is 0 Å². The molecule has 0 saturated heterocycles. The van der Waals surface area contributed by atoms with E-state index in [1.807, 2.05) is 36.5 Å². The predicted molar refractivity (Wildman–Crippen MR) is 123 cm³/mol. The fourth-order valence-electron chi connectivity index (χ4n) is 2.67. The van der Waals surface area contributed by atoms with Gasteiger partial charge in [-0.3, -0.25) is 9.98 Å². The summed E-state index contributed by atoms with van der Waals surface area (Å²) in [6.07, 6.45) is 3.71. The standard InChI is InChI=1S/C21H30N4O.HI/c1-4-22-21(25-16-13-19-7-5-6-14-23-19)24-15-12-17(2)18-8-10-20(26-3)11-9-18;/h5-11,14,17H,4,12-13,15-16H2,1-3H3,(H2,22,24,25);1H. The van der Waals surface area contributed by atoms with E-state index in [1.165, 1.54) is 5.56 Å². The maximum Gasteiger partial charge on any atom is 0.191 e. The number of nitrogens with zero attached hydrogens (tertiary/aromatic N) is 2. The van der Waals surface area contributed by atoms with Gasteiger partial charge in [-0.25, -0.2) is 0 Å². The summed E-state index contributed by atoms with van der Waals surface area (Å²) in [4.78, 5) is 9.04. The summed E-state index contributed by atoms with van der Waals surface area (Å²) in [7, 11) is 1.69. The second kappa shape index (κ2) is 13.4. The summed E-state index contributed by atoms with van der Waals surface area (Å²) < 4.78 is 5.22. The van der Waals surface area contributed by atoms with Crippen LogP contribution in [0.5, 0.6) is 5.75 Å². The fraction of sp³-hybridized carbons (Fsp3) is 0.429. The normalized spacial score (nSPS) is 12.0. The molecule has 0 fully saturated rings. The topological polar surface area (TPSA) is 58.5 Å². The molecule has 6 heteroatoms. The summed E-state index contributed by atoms with van der Waals surface area (Å²) in [5.41, 5.74) is 2.40. The van der Waals surface area contributed by atoms with Gasteiger partial charge < -0.3 is 15.4 Å². The van der Waals surface area contributed by atoms with Crippen molar-refractivity contribution in [2.24, 2.45) is 4.99 Å². The van der Waals surface area contributed by atoms with Crippen LogP contribution in [-0.4, -0.2) is 37.7 Å². The van der Waals surface area contributed by atoms with Gasteiger partial charge in [-0.05, 0) is 49.1 Å². The summed E-state index contributed by atoms with van der Waals surface area (Å²) in [5.74, 6) is 2.22. The maximum atomic E-state index is 5.22. The molecule has 1 atom stereocenters. The lowest BCUT2D eigenvalue weighted by Gasteiger charge is -2.13. The Labute approximate surface area is 180 Å². The number of hydrogen-bond donors (Lipinski definition) is 2. The number of rotatable bonds is 9. The van der Waals surface area contributed by atoms with Crippen LogP contribution in [0.4, 0.5) is 0 Å². The fourth-order valence-corrected chi connectivity index (χ4v) is 2.67. The third kappa shape index (κ3) is 8.60. The van der Waals surface area contributed by atoms with Gasteiger partial charge in [0.15, 0.2) is 5.96 Å². The van der Waals surface area contributed by atoms with Crippen LogP contribution in [-0.2, 0) is 6.42 Å². The number of pyridine rings is 1. The van der Waals surface area contributed by atoms with Crippen LogP contribution in [0.1, 0.15) is 37.4 Å².